The number of nitrogens with zero attached hydrogens (tertiary/aromatic N) is 2. The second-order valence-electron chi connectivity index (χ2n) is 5.33. The maximum atomic E-state index is 13.4. The van der Waals surface area contributed by atoms with Crippen LogP contribution >= 0.6 is 0 Å². The minimum atomic E-state index is -0.536. The van der Waals surface area contributed by atoms with Gasteiger partial charge in [0.05, 0.1) is 12.8 Å². The van der Waals surface area contributed by atoms with Gasteiger partial charge < -0.3 is 14.5 Å². The smallest absolute Gasteiger partial charge is 0.266 e. The number of carbonyl (C=O) groups excluding carboxylic acids is 1. The third-order valence-electron chi connectivity index (χ3n) is 3.48. The van der Waals surface area contributed by atoms with Crippen LogP contribution in [0.4, 0.5) is 4.39 Å². The van der Waals surface area contributed by atoms with Gasteiger partial charge in [0.1, 0.15) is 5.69 Å². The Morgan fingerprint density at radius 2 is 2.04 bits per heavy atom. The molecular weight excluding hydrogens is 341 g/mol. The Labute approximate surface area is 148 Å². The van der Waals surface area contributed by atoms with Crippen molar-refractivity contribution in [1.29, 1.82) is 0 Å². The number of ether oxygens (including phenoxy) is 1. The van der Waals surface area contributed by atoms with E-state index in [2.05, 4.69) is 10.4 Å². The Bertz CT molecular complexity index is 938. The zero-order chi connectivity index (χ0) is 18.4. The number of aromatic nitrogens is 2. The van der Waals surface area contributed by atoms with Gasteiger partial charge in [0.15, 0.2) is 23.9 Å². The van der Waals surface area contributed by atoms with E-state index in [0.29, 0.717) is 11.5 Å². The molecule has 0 radical (unpaired) electrons. The number of hydrogen-bond acceptors (Lipinski definition) is 5. The minimum absolute atomic E-state index is 0.00619. The molecular formula is C18H16FN3O4. The number of carbonyl (C=O) groups is 1. The lowest BCUT2D eigenvalue weighted by molar-refractivity contribution is -0.123. The van der Waals surface area contributed by atoms with Crippen molar-refractivity contribution in [2.24, 2.45) is 0 Å². The first-order valence-electron chi connectivity index (χ1n) is 7.89. The molecule has 0 spiro atoms. The molecule has 0 atom stereocenters. The van der Waals surface area contributed by atoms with Gasteiger partial charge in [0.25, 0.3) is 11.5 Å². The van der Waals surface area contributed by atoms with Crippen molar-refractivity contribution in [3.05, 3.63) is 71.0 Å². The fraction of sp³-hybridized carbons (Fsp3) is 0.167. The van der Waals surface area contributed by atoms with Gasteiger partial charge in [-0.2, -0.15) is 5.10 Å². The molecule has 2 heterocycles. The topological polar surface area (TPSA) is 86.4 Å². The summed E-state index contributed by atoms with van der Waals surface area (Å²) in [5.74, 6) is -0.415. The molecule has 2 aromatic heterocycles. The van der Waals surface area contributed by atoms with Crippen LogP contribution in [-0.4, -0.2) is 28.8 Å². The number of para-hydroxylation sites is 1. The van der Waals surface area contributed by atoms with Crippen molar-refractivity contribution in [2.75, 3.05) is 13.2 Å². The molecule has 1 aromatic carbocycles. The summed E-state index contributed by atoms with van der Waals surface area (Å²) >= 11 is 0. The van der Waals surface area contributed by atoms with Crippen LogP contribution in [0.25, 0.3) is 11.5 Å². The molecule has 8 heteroatoms. The van der Waals surface area contributed by atoms with E-state index in [1.54, 1.807) is 24.3 Å². The number of amides is 1. The molecule has 0 bridgehead atoms. The first-order valence-corrected chi connectivity index (χ1v) is 7.89. The van der Waals surface area contributed by atoms with E-state index in [-0.39, 0.29) is 31.0 Å². The Kier molecular flexibility index (Phi) is 5.43. The van der Waals surface area contributed by atoms with E-state index >= 15 is 0 Å². The van der Waals surface area contributed by atoms with Gasteiger partial charge in [-0.05, 0) is 30.3 Å². The highest BCUT2D eigenvalue weighted by Gasteiger charge is 2.08. The van der Waals surface area contributed by atoms with Crippen LogP contribution in [0.5, 0.6) is 5.75 Å². The molecule has 3 rings (SSSR count). The molecule has 26 heavy (non-hydrogen) atoms. The Morgan fingerprint density at radius 3 is 2.81 bits per heavy atom. The van der Waals surface area contributed by atoms with Crippen LogP contribution in [0.2, 0.25) is 0 Å². The van der Waals surface area contributed by atoms with Crippen LogP contribution < -0.4 is 15.6 Å². The second kappa shape index (κ2) is 8.11. The van der Waals surface area contributed by atoms with E-state index < -0.39 is 11.7 Å². The maximum absolute atomic E-state index is 13.4. The van der Waals surface area contributed by atoms with Crippen molar-refractivity contribution in [3.63, 3.8) is 0 Å². The van der Waals surface area contributed by atoms with Gasteiger partial charge in [-0.25, -0.2) is 9.07 Å². The number of benzene rings is 1. The Balaban J connectivity index is 1.51. The van der Waals surface area contributed by atoms with Crippen molar-refractivity contribution in [3.8, 4) is 17.2 Å². The molecule has 0 aliphatic heterocycles. The average molecular weight is 357 g/mol. The Hall–Kier alpha value is -3.42. The molecule has 1 amide bonds. The first kappa shape index (κ1) is 17.4. The maximum Gasteiger partial charge on any atom is 0.266 e. The lowest BCUT2D eigenvalue weighted by Crippen LogP contribution is -2.34. The molecule has 0 unspecified atom stereocenters. The van der Waals surface area contributed by atoms with Crippen molar-refractivity contribution in [1.82, 2.24) is 15.1 Å². The molecule has 134 valence electrons. The van der Waals surface area contributed by atoms with E-state index in [4.69, 9.17) is 9.15 Å². The van der Waals surface area contributed by atoms with Crippen LogP contribution in [0, 0.1) is 5.82 Å². The van der Waals surface area contributed by atoms with Gasteiger partial charge in [-0.1, -0.05) is 12.1 Å². The summed E-state index contributed by atoms with van der Waals surface area (Å²) in [6.45, 7) is 0.0303. The molecule has 0 fully saturated rings. The van der Waals surface area contributed by atoms with Crippen LogP contribution in [0.3, 0.4) is 0 Å². The fourth-order valence-electron chi connectivity index (χ4n) is 2.22. The van der Waals surface area contributed by atoms with Crippen LogP contribution in [0.15, 0.2) is 64.0 Å². The average Bonchev–Trinajstić information content (AvgIpc) is 3.17. The monoisotopic (exact) mass is 357 g/mol. The summed E-state index contributed by atoms with van der Waals surface area (Å²) < 4.78 is 25.0. The Morgan fingerprint density at radius 1 is 1.19 bits per heavy atom. The highest BCUT2D eigenvalue weighted by molar-refractivity contribution is 5.77. The lowest BCUT2D eigenvalue weighted by Gasteiger charge is -2.09. The van der Waals surface area contributed by atoms with E-state index in [1.807, 2.05) is 0 Å². The van der Waals surface area contributed by atoms with Crippen LogP contribution in [-0.2, 0) is 11.3 Å². The third-order valence-corrected chi connectivity index (χ3v) is 3.48. The molecule has 0 saturated carbocycles. The minimum Gasteiger partial charge on any atom is -0.481 e. The molecule has 0 saturated heterocycles. The highest BCUT2D eigenvalue weighted by Crippen LogP contribution is 2.15. The summed E-state index contributed by atoms with van der Waals surface area (Å²) in [6, 6.07) is 12.2. The number of furan rings is 1. The van der Waals surface area contributed by atoms with Gasteiger partial charge in [-0.3, -0.25) is 9.59 Å². The van der Waals surface area contributed by atoms with Gasteiger partial charge in [-0.15, -0.1) is 0 Å². The summed E-state index contributed by atoms with van der Waals surface area (Å²) in [7, 11) is 0. The van der Waals surface area contributed by atoms with E-state index in [1.165, 1.54) is 35.2 Å². The standard InChI is InChI=1S/C18H16FN3O4/c19-13-4-1-2-5-15(13)26-12-17(23)20-9-10-22-18(24)8-7-14(21-22)16-6-3-11-25-16/h1-8,11H,9-10,12H2,(H,20,23). The molecule has 7 nitrogen and oxygen atoms in total. The molecule has 3 aromatic rings. The van der Waals surface area contributed by atoms with Gasteiger partial charge >= 0.3 is 0 Å². The zero-order valence-corrected chi connectivity index (χ0v) is 13.7. The normalized spacial score (nSPS) is 10.5. The second-order valence-corrected chi connectivity index (χ2v) is 5.33. The highest BCUT2D eigenvalue weighted by atomic mass is 19.1. The summed E-state index contributed by atoms with van der Waals surface area (Å²) in [4.78, 5) is 23.6. The largest absolute Gasteiger partial charge is 0.481 e. The van der Waals surface area contributed by atoms with Gasteiger partial charge in [0.2, 0.25) is 0 Å². The first-order chi connectivity index (χ1) is 12.6. The zero-order valence-electron chi connectivity index (χ0n) is 13.7. The van der Waals surface area contributed by atoms with Crippen molar-refractivity contribution < 1.29 is 18.3 Å². The SMILES string of the molecule is O=C(COc1ccccc1F)NCCn1nc(-c2ccco2)ccc1=O. The molecule has 0 aliphatic rings. The van der Waals surface area contributed by atoms with E-state index in [0.717, 1.165) is 0 Å². The fourth-order valence-corrected chi connectivity index (χ4v) is 2.22. The van der Waals surface area contributed by atoms with Gasteiger partial charge in [0, 0.05) is 12.6 Å². The number of halogens is 1. The predicted octanol–water partition coefficient (Wildman–Crippen LogP) is 1.84. The number of rotatable bonds is 7. The van der Waals surface area contributed by atoms with Crippen LogP contribution in [0.1, 0.15) is 0 Å². The molecule has 0 aliphatic carbocycles. The number of hydrogen-bond donors (Lipinski definition) is 1. The number of nitrogens with one attached hydrogen (secondary N) is 1. The third kappa shape index (κ3) is 4.35. The van der Waals surface area contributed by atoms with E-state index in [9.17, 15) is 14.0 Å². The van der Waals surface area contributed by atoms with Crippen molar-refractivity contribution in [2.45, 2.75) is 6.54 Å². The van der Waals surface area contributed by atoms with Crippen molar-refractivity contribution >= 4 is 5.91 Å². The molecule has 1 N–H and O–H groups in total. The summed E-state index contributed by atoms with van der Waals surface area (Å²) in [6.07, 6.45) is 1.52. The quantitative estimate of drug-likeness (QED) is 0.697. The lowest BCUT2D eigenvalue weighted by atomic mass is 10.3. The predicted molar refractivity (Wildman–Crippen MR) is 91.1 cm³/mol. The summed E-state index contributed by atoms with van der Waals surface area (Å²) in [5, 5.41) is 6.79. The summed E-state index contributed by atoms with van der Waals surface area (Å²) in [5.41, 5.74) is 0.223.